The van der Waals surface area contributed by atoms with E-state index >= 15 is 0 Å². The number of sulfonamides is 1. The topological polar surface area (TPSA) is 86.8 Å². The molecule has 3 rings (SSSR count). The SMILES string of the molecule is CCCCNC(=O)[C@H](Cc1ccccc1)N(Cc1ccc(Cl)cc1Cl)C(=O)CN(c1ccc(I)cc1)S(C)(=O)=O. The van der Waals surface area contributed by atoms with Crippen molar-refractivity contribution in [3.8, 4) is 0 Å². The number of rotatable bonds is 13. The molecule has 0 aromatic heterocycles. The second-order valence-electron chi connectivity index (χ2n) is 9.35. The lowest BCUT2D eigenvalue weighted by Gasteiger charge is -2.33. The summed E-state index contributed by atoms with van der Waals surface area (Å²) in [5.41, 5.74) is 1.79. The number of benzene rings is 3. The van der Waals surface area contributed by atoms with E-state index in [1.807, 2.05) is 37.3 Å². The Hall–Kier alpha value is -2.34. The van der Waals surface area contributed by atoms with Crippen molar-refractivity contribution in [1.82, 2.24) is 10.2 Å². The predicted molar refractivity (Wildman–Crippen MR) is 170 cm³/mol. The van der Waals surface area contributed by atoms with Crippen LogP contribution in [0.5, 0.6) is 0 Å². The van der Waals surface area contributed by atoms with Gasteiger partial charge < -0.3 is 10.2 Å². The van der Waals surface area contributed by atoms with Gasteiger partial charge in [-0.3, -0.25) is 13.9 Å². The van der Waals surface area contributed by atoms with Gasteiger partial charge in [0.25, 0.3) is 0 Å². The molecule has 3 aromatic rings. The van der Waals surface area contributed by atoms with Crippen molar-refractivity contribution in [3.63, 3.8) is 0 Å². The van der Waals surface area contributed by atoms with Crippen LogP contribution in [0.25, 0.3) is 0 Å². The average Bonchev–Trinajstić information content (AvgIpc) is 2.91. The molecule has 0 unspecified atom stereocenters. The summed E-state index contributed by atoms with van der Waals surface area (Å²) in [7, 11) is -3.83. The van der Waals surface area contributed by atoms with Gasteiger partial charge in [-0.25, -0.2) is 8.42 Å². The Kier molecular flexibility index (Phi) is 12.1. The van der Waals surface area contributed by atoms with Crippen molar-refractivity contribution in [1.29, 1.82) is 0 Å². The summed E-state index contributed by atoms with van der Waals surface area (Å²) in [6.07, 6.45) is 2.97. The first kappa shape index (κ1) is 32.2. The smallest absolute Gasteiger partial charge is 0.244 e. The summed E-state index contributed by atoms with van der Waals surface area (Å²) < 4.78 is 27.6. The molecule has 0 aliphatic heterocycles. The molecular weight excluding hydrogens is 684 g/mol. The Morgan fingerprint density at radius 1 is 1.00 bits per heavy atom. The van der Waals surface area contributed by atoms with Gasteiger partial charge in [0.05, 0.1) is 11.9 Å². The number of carbonyl (C=O) groups excluding carboxylic acids is 2. The molecule has 2 amide bonds. The van der Waals surface area contributed by atoms with E-state index in [1.54, 1.807) is 42.5 Å². The van der Waals surface area contributed by atoms with Gasteiger partial charge in [0.15, 0.2) is 0 Å². The molecule has 0 saturated carbocycles. The summed E-state index contributed by atoms with van der Waals surface area (Å²) in [6.45, 7) is 1.98. The quantitative estimate of drug-likeness (QED) is 0.176. The number of anilines is 1. The molecule has 0 bridgehead atoms. The maximum absolute atomic E-state index is 14.1. The predicted octanol–water partition coefficient (Wildman–Crippen LogP) is 5.92. The highest BCUT2D eigenvalue weighted by Crippen LogP contribution is 2.25. The van der Waals surface area contributed by atoms with Gasteiger partial charge in [-0.15, -0.1) is 0 Å². The Bertz CT molecular complexity index is 1410. The number of unbranched alkanes of at least 4 members (excludes halogenated alkanes) is 1. The van der Waals surface area contributed by atoms with Gasteiger partial charge in [-0.1, -0.05) is 72.9 Å². The fraction of sp³-hybridized carbons (Fsp3) is 0.310. The summed E-state index contributed by atoms with van der Waals surface area (Å²) in [6, 6.07) is 20.2. The maximum Gasteiger partial charge on any atom is 0.244 e. The number of halogens is 3. The largest absolute Gasteiger partial charge is 0.354 e. The molecule has 11 heteroatoms. The summed E-state index contributed by atoms with van der Waals surface area (Å²) in [5.74, 6) is -0.863. The number of amides is 2. The van der Waals surface area contributed by atoms with Crippen LogP contribution in [0, 0.1) is 3.57 Å². The molecule has 7 nitrogen and oxygen atoms in total. The van der Waals surface area contributed by atoms with Crippen LogP contribution in [0.3, 0.4) is 0 Å². The minimum Gasteiger partial charge on any atom is -0.354 e. The maximum atomic E-state index is 14.1. The molecule has 3 aromatic carbocycles. The van der Waals surface area contributed by atoms with Crippen LogP contribution in [-0.4, -0.2) is 50.5 Å². The Balaban J connectivity index is 2.05. The van der Waals surface area contributed by atoms with E-state index in [4.69, 9.17) is 23.2 Å². The zero-order chi connectivity index (χ0) is 29.3. The Morgan fingerprint density at radius 2 is 1.68 bits per heavy atom. The lowest BCUT2D eigenvalue weighted by atomic mass is 10.0. The molecule has 0 heterocycles. The minimum atomic E-state index is -3.83. The van der Waals surface area contributed by atoms with Gasteiger partial charge in [-0.2, -0.15) is 0 Å². The van der Waals surface area contributed by atoms with Crippen molar-refractivity contribution in [2.24, 2.45) is 0 Å². The minimum absolute atomic E-state index is 0.0160. The average molecular weight is 716 g/mol. The number of nitrogens with zero attached hydrogens (tertiary/aromatic N) is 2. The fourth-order valence-electron chi connectivity index (χ4n) is 4.11. The molecule has 214 valence electrons. The first-order valence-corrected chi connectivity index (χ1v) is 16.5. The number of hydrogen-bond acceptors (Lipinski definition) is 4. The lowest BCUT2D eigenvalue weighted by Crippen LogP contribution is -2.53. The van der Waals surface area contributed by atoms with Crippen LogP contribution >= 0.6 is 45.8 Å². The third kappa shape index (κ3) is 9.36. The van der Waals surface area contributed by atoms with Gasteiger partial charge in [0, 0.05) is 33.1 Å². The van der Waals surface area contributed by atoms with Crippen LogP contribution in [0.4, 0.5) is 5.69 Å². The van der Waals surface area contributed by atoms with Crippen molar-refractivity contribution in [2.75, 3.05) is 23.7 Å². The van der Waals surface area contributed by atoms with Crippen molar-refractivity contribution in [2.45, 2.75) is 38.8 Å². The molecule has 40 heavy (non-hydrogen) atoms. The molecule has 0 radical (unpaired) electrons. The van der Waals surface area contributed by atoms with Gasteiger partial charge in [-0.05, 0) is 76.5 Å². The van der Waals surface area contributed by atoms with E-state index in [0.717, 1.165) is 32.5 Å². The van der Waals surface area contributed by atoms with Gasteiger partial charge in [0.2, 0.25) is 21.8 Å². The highest BCUT2D eigenvalue weighted by molar-refractivity contribution is 14.1. The highest BCUT2D eigenvalue weighted by Gasteiger charge is 2.33. The molecule has 1 atom stereocenters. The monoisotopic (exact) mass is 715 g/mol. The van der Waals surface area contributed by atoms with E-state index in [1.165, 1.54) is 4.90 Å². The van der Waals surface area contributed by atoms with E-state index in [2.05, 4.69) is 27.9 Å². The first-order valence-electron chi connectivity index (χ1n) is 12.8. The number of carbonyl (C=O) groups is 2. The van der Waals surface area contributed by atoms with Crippen LogP contribution in [0.2, 0.25) is 10.0 Å². The van der Waals surface area contributed by atoms with E-state index in [0.29, 0.717) is 27.8 Å². The molecule has 1 N–H and O–H groups in total. The normalized spacial score (nSPS) is 12.0. The molecule has 0 aliphatic carbocycles. The van der Waals surface area contributed by atoms with Crippen molar-refractivity contribution >= 4 is 73.3 Å². The Labute approximate surface area is 260 Å². The molecule has 0 spiro atoms. The third-order valence-corrected chi connectivity index (χ3v) is 8.70. The molecule has 0 saturated heterocycles. The number of hydrogen-bond donors (Lipinski definition) is 1. The second kappa shape index (κ2) is 15.0. The van der Waals surface area contributed by atoms with E-state index < -0.39 is 28.5 Å². The molecule has 0 fully saturated rings. The summed E-state index contributed by atoms with van der Waals surface area (Å²) >= 11 is 14.7. The van der Waals surface area contributed by atoms with Crippen LogP contribution in [0.1, 0.15) is 30.9 Å². The van der Waals surface area contributed by atoms with Crippen LogP contribution in [-0.2, 0) is 32.6 Å². The standard InChI is InChI=1S/C29H32Cl2IN3O4S/c1-3-4-16-33-29(37)27(17-21-8-6-5-7-9-21)34(19-22-10-11-23(30)18-26(22)31)28(36)20-35(40(2,38)39)25-14-12-24(32)13-15-25/h5-15,18,27H,3-4,16-17,19-20H2,1-2H3,(H,33,37)/t27-/m0/s1. The second-order valence-corrected chi connectivity index (χ2v) is 13.3. The fourth-order valence-corrected chi connectivity index (χ4v) is 5.79. The highest BCUT2D eigenvalue weighted by atomic mass is 127. The lowest BCUT2D eigenvalue weighted by molar-refractivity contribution is -0.140. The van der Waals surface area contributed by atoms with Crippen molar-refractivity contribution in [3.05, 3.63) is 97.5 Å². The molecule has 0 aliphatic rings. The first-order chi connectivity index (χ1) is 19.0. The van der Waals surface area contributed by atoms with Crippen LogP contribution < -0.4 is 9.62 Å². The van der Waals surface area contributed by atoms with E-state index in [-0.39, 0.29) is 18.9 Å². The third-order valence-electron chi connectivity index (χ3n) is 6.25. The summed E-state index contributed by atoms with van der Waals surface area (Å²) in [4.78, 5) is 29.1. The zero-order valence-electron chi connectivity index (χ0n) is 22.3. The summed E-state index contributed by atoms with van der Waals surface area (Å²) in [5, 5.41) is 3.73. The van der Waals surface area contributed by atoms with Gasteiger partial charge >= 0.3 is 0 Å². The van der Waals surface area contributed by atoms with Crippen LogP contribution in [0.15, 0.2) is 72.8 Å². The zero-order valence-corrected chi connectivity index (χ0v) is 26.8. The Morgan fingerprint density at radius 3 is 2.27 bits per heavy atom. The number of nitrogens with one attached hydrogen (secondary N) is 1. The van der Waals surface area contributed by atoms with E-state index in [9.17, 15) is 18.0 Å². The van der Waals surface area contributed by atoms with Gasteiger partial charge in [0.1, 0.15) is 12.6 Å². The van der Waals surface area contributed by atoms with Crippen molar-refractivity contribution < 1.29 is 18.0 Å². The molecular formula is C29H32Cl2IN3O4S.